The van der Waals surface area contributed by atoms with Gasteiger partial charge in [-0.1, -0.05) is 24.3 Å². The normalized spacial score (nSPS) is 14.0. The van der Waals surface area contributed by atoms with Crippen molar-refractivity contribution in [3.8, 4) is 0 Å². The summed E-state index contributed by atoms with van der Waals surface area (Å²) < 4.78 is 13.9. The van der Waals surface area contributed by atoms with Gasteiger partial charge in [-0.25, -0.2) is 9.18 Å². The van der Waals surface area contributed by atoms with Gasteiger partial charge in [-0.15, -0.1) is 0 Å². The number of rotatable bonds is 4. The lowest BCUT2D eigenvalue weighted by molar-refractivity contribution is -0.114. The van der Waals surface area contributed by atoms with Crippen molar-refractivity contribution >= 4 is 23.3 Å². The molecule has 0 saturated carbocycles. The van der Waals surface area contributed by atoms with E-state index in [2.05, 4.69) is 10.6 Å². The molecule has 2 aromatic rings. The van der Waals surface area contributed by atoms with Crippen LogP contribution in [-0.2, 0) is 11.3 Å². The molecule has 3 amide bonds. The van der Waals surface area contributed by atoms with E-state index in [0.29, 0.717) is 44.1 Å². The molecule has 142 valence electrons. The molecule has 0 bridgehead atoms. The van der Waals surface area contributed by atoms with Gasteiger partial charge >= 0.3 is 6.03 Å². The van der Waals surface area contributed by atoms with Gasteiger partial charge in [0.1, 0.15) is 5.82 Å². The monoisotopic (exact) mass is 370 g/mol. The smallest absolute Gasteiger partial charge is 0.317 e. The molecule has 0 radical (unpaired) electrons. The molecule has 1 aliphatic heterocycles. The lowest BCUT2D eigenvalue weighted by Gasteiger charge is -2.36. The lowest BCUT2D eigenvalue weighted by atomic mass is 10.2. The fraction of sp³-hybridized carbons (Fsp3) is 0.300. The van der Waals surface area contributed by atoms with Gasteiger partial charge in [0.05, 0.1) is 5.69 Å². The fourth-order valence-corrected chi connectivity index (χ4v) is 3.11. The summed E-state index contributed by atoms with van der Waals surface area (Å²) in [6.07, 6.45) is 0. The molecule has 2 N–H and O–H groups in total. The van der Waals surface area contributed by atoms with Crippen molar-refractivity contribution in [1.29, 1.82) is 0 Å². The van der Waals surface area contributed by atoms with Gasteiger partial charge in [-0.05, 0) is 29.8 Å². The standard InChI is InChI=1S/C20H23FN4O2/c1-15(26)23-17-6-4-5-16(13-17)14-22-20(27)25-11-9-24(10-12-25)19-8-3-2-7-18(19)21/h2-8,13H,9-12,14H2,1H3,(H,22,27)(H,23,26). The van der Waals surface area contributed by atoms with Crippen LogP contribution >= 0.6 is 0 Å². The molecule has 2 aromatic carbocycles. The second-order valence-corrected chi connectivity index (χ2v) is 6.47. The molecule has 1 fully saturated rings. The van der Waals surface area contributed by atoms with Crippen LogP contribution in [0.4, 0.5) is 20.6 Å². The molecule has 7 heteroatoms. The van der Waals surface area contributed by atoms with Crippen molar-refractivity contribution in [2.24, 2.45) is 0 Å². The van der Waals surface area contributed by atoms with Gasteiger partial charge in [0.2, 0.25) is 5.91 Å². The Hall–Kier alpha value is -3.09. The van der Waals surface area contributed by atoms with E-state index in [0.717, 1.165) is 5.56 Å². The van der Waals surface area contributed by atoms with E-state index in [1.165, 1.54) is 13.0 Å². The number of benzene rings is 2. The lowest BCUT2D eigenvalue weighted by Crippen LogP contribution is -2.51. The molecular formula is C20H23FN4O2. The minimum absolute atomic E-state index is 0.135. The van der Waals surface area contributed by atoms with E-state index in [1.807, 2.05) is 29.2 Å². The highest BCUT2D eigenvalue weighted by molar-refractivity contribution is 5.88. The minimum Gasteiger partial charge on any atom is -0.366 e. The summed E-state index contributed by atoms with van der Waals surface area (Å²) in [7, 11) is 0. The Morgan fingerprint density at radius 3 is 2.48 bits per heavy atom. The molecule has 27 heavy (non-hydrogen) atoms. The quantitative estimate of drug-likeness (QED) is 0.870. The van der Waals surface area contributed by atoms with Gasteiger partial charge in [-0.2, -0.15) is 0 Å². The first kappa shape index (κ1) is 18.7. The molecule has 3 rings (SSSR count). The molecule has 0 spiro atoms. The summed E-state index contributed by atoms with van der Waals surface area (Å²) in [5.74, 6) is -0.377. The van der Waals surface area contributed by atoms with Crippen LogP contribution in [0.15, 0.2) is 48.5 Å². The van der Waals surface area contributed by atoms with E-state index in [4.69, 9.17) is 0 Å². The number of urea groups is 1. The first-order valence-corrected chi connectivity index (χ1v) is 8.92. The average molecular weight is 370 g/mol. The molecule has 1 saturated heterocycles. The highest BCUT2D eigenvalue weighted by atomic mass is 19.1. The van der Waals surface area contributed by atoms with Crippen LogP contribution in [0.1, 0.15) is 12.5 Å². The van der Waals surface area contributed by atoms with E-state index in [9.17, 15) is 14.0 Å². The predicted octanol–water partition coefficient (Wildman–Crippen LogP) is 2.82. The van der Waals surface area contributed by atoms with Crippen LogP contribution in [0.2, 0.25) is 0 Å². The second-order valence-electron chi connectivity index (χ2n) is 6.47. The Kier molecular flexibility index (Phi) is 5.90. The van der Waals surface area contributed by atoms with Crippen molar-refractivity contribution in [3.63, 3.8) is 0 Å². The maximum Gasteiger partial charge on any atom is 0.317 e. The zero-order chi connectivity index (χ0) is 19.2. The molecule has 0 aromatic heterocycles. The number of halogens is 1. The summed E-state index contributed by atoms with van der Waals surface area (Å²) in [6.45, 7) is 4.08. The average Bonchev–Trinajstić information content (AvgIpc) is 2.66. The van der Waals surface area contributed by atoms with Crippen molar-refractivity contribution in [1.82, 2.24) is 10.2 Å². The SMILES string of the molecule is CC(=O)Nc1cccc(CNC(=O)N2CCN(c3ccccc3F)CC2)c1. The summed E-state index contributed by atoms with van der Waals surface area (Å²) in [4.78, 5) is 27.2. The largest absolute Gasteiger partial charge is 0.366 e. The number of para-hydroxylation sites is 1. The first-order valence-electron chi connectivity index (χ1n) is 8.92. The second kappa shape index (κ2) is 8.53. The number of amides is 3. The Bertz CT molecular complexity index is 819. The van der Waals surface area contributed by atoms with Crippen LogP contribution in [0, 0.1) is 5.82 Å². The van der Waals surface area contributed by atoms with Crippen molar-refractivity contribution in [2.45, 2.75) is 13.5 Å². The van der Waals surface area contributed by atoms with Crippen LogP contribution in [0.5, 0.6) is 0 Å². The first-order chi connectivity index (χ1) is 13.0. The Morgan fingerprint density at radius 1 is 1.04 bits per heavy atom. The summed E-state index contributed by atoms with van der Waals surface area (Å²) in [6, 6.07) is 13.9. The molecule has 0 unspecified atom stereocenters. The van der Waals surface area contributed by atoms with Crippen LogP contribution in [0.3, 0.4) is 0 Å². The maximum absolute atomic E-state index is 13.9. The number of carbonyl (C=O) groups is 2. The molecule has 1 aliphatic rings. The predicted molar refractivity (Wildman–Crippen MR) is 103 cm³/mol. The van der Waals surface area contributed by atoms with Gasteiger partial charge in [0.15, 0.2) is 0 Å². The van der Waals surface area contributed by atoms with E-state index >= 15 is 0 Å². The molecule has 6 nitrogen and oxygen atoms in total. The highest BCUT2D eigenvalue weighted by Crippen LogP contribution is 2.20. The van der Waals surface area contributed by atoms with E-state index in [1.54, 1.807) is 23.1 Å². The fourth-order valence-electron chi connectivity index (χ4n) is 3.11. The molecule has 0 atom stereocenters. The molecule has 0 aliphatic carbocycles. The van der Waals surface area contributed by atoms with Crippen molar-refractivity contribution in [2.75, 3.05) is 36.4 Å². The Balaban J connectivity index is 1.50. The van der Waals surface area contributed by atoms with Crippen LogP contribution in [0.25, 0.3) is 0 Å². The van der Waals surface area contributed by atoms with Gasteiger partial charge in [0.25, 0.3) is 0 Å². The third kappa shape index (κ3) is 4.97. The number of nitrogens with one attached hydrogen (secondary N) is 2. The number of nitrogens with zero attached hydrogens (tertiary/aromatic N) is 2. The number of carbonyl (C=O) groups excluding carboxylic acids is 2. The van der Waals surface area contributed by atoms with Crippen LogP contribution in [-0.4, -0.2) is 43.0 Å². The summed E-state index contributed by atoms with van der Waals surface area (Å²) in [5, 5.41) is 5.62. The minimum atomic E-state index is -0.241. The number of hydrogen-bond donors (Lipinski definition) is 2. The summed E-state index contributed by atoms with van der Waals surface area (Å²) >= 11 is 0. The van der Waals surface area contributed by atoms with Gasteiger partial charge in [-0.3, -0.25) is 4.79 Å². The Labute approximate surface area is 158 Å². The van der Waals surface area contributed by atoms with Crippen LogP contribution < -0.4 is 15.5 Å². The topological polar surface area (TPSA) is 64.7 Å². The van der Waals surface area contributed by atoms with Gasteiger partial charge < -0.3 is 20.4 Å². The third-order valence-corrected chi connectivity index (χ3v) is 4.45. The van der Waals surface area contributed by atoms with Gasteiger partial charge in [0, 0.05) is 45.3 Å². The maximum atomic E-state index is 13.9. The van der Waals surface area contributed by atoms with Crippen molar-refractivity contribution < 1.29 is 14.0 Å². The third-order valence-electron chi connectivity index (χ3n) is 4.45. The number of anilines is 2. The van der Waals surface area contributed by atoms with Crippen molar-refractivity contribution in [3.05, 3.63) is 59.9 Å². The summed E-state index contributed by atoms with van der Waals surface area (Å²) in [5.41, 5.74) is 2.18. The number of hydrogen-bond acceptors (Lipinski definition) is 3. The number of piperazine rings is 1. The zero-order valence-corrected chi connectivity index (χ0v) is 15.2. The van der Waals surface area contributed by atoms with E-state index in [-0.39, 0.29) is 17.8 Å². The molecular weight excluding hydrogens is 347 g/mol. The highest BCUT2D eigenvalue weighted by Gasteiger charge is 2.22. The Morgan fingerprint density at radius 2 is 1.78 bits per heavy atom. The zero-order valence-electron chi connectivity index (χ0n) is 15.2. The molecule has 1 heterocycles. The van der Waals surface area contributed by atoms with E-state index < -0.39 is 0 Å².